The molecule has 0 saturated carbocycles. The Labute approximate surface area is 123 Å². The average molecular weight is 314 g/mol. The topological polar surface area (TPSA) is 89.9 Å². The highest BCUT2D eigenvalue weighted by Crippen LogP contribution is 2.34. The van der Waals surface area contributed by atoms with Crippen molar-refractivity contribution >= 4 is 15.8 Å². The molecule has 0 aliphatic rings. The summed E-state index contributed by atoms with van der Waals surface area (Å²) in [5.74, 6) is -1.38. The Kier molecular flexibility index (Phi) is 5.37. The third-order valence-electron chi connectivity index (χ3n) is 2.84. The highest BCUT2D eigenvalue weighted by molar-refractivity contribution is 7.91. The molecule has 0 atom stereocenters. The van der Waals surface area contributed by atoms with Crippen LogP contribution >= 0.6 is 0 Å². The first-order chi connectivity index (χ1) is 9.72. The van der Waals surface area contributed by atoms with E-state index in [-0.39, 0.29) is 27.7 Å². The van der Waals surface area contributed by atoms with Gasteiger partial charge in [0.05, 0.1) is 24.9 Å². The molecule has 0 amide bonds. The first-order valence-corrected chi connectivity index (χ1v) is 7.74. The Morgan fingerprint density at radius 1 is 1.29 bits per heavy atom. The Morgan fingerprint density at radius 3 is 2.33 bits per heavy atom. The first kappa shape index (κ1) is 17.0. The lowest BCUT2D eigenvalue weighted by Crippen LogP contribution is -2.10. The number of sulfone groups is 1. The molecule has 1 aromatic rings. The van der Waals surface area contributed by atoms with E-state index in [0.29, 0.717) is 6.42 Å². The monoisotopic (exact) mass is 314 g/mol. The van der Waals surface area contributed by atoms with Crippen molar-refractivity contribution in [1.29, 1.82) is 0 Å². The second-order valence-corrected chi connectivity index (χ2v) is 6.65. The maximum absolute atomic E-state index is 12.2. The van der Waals surface area contributed by atoms with E-state index >= 15 is 0 Å². The van der Waals surface area contributed by atoms with Crippen LogP contribution in [0.4, 0.5) is 0 Å². The zero-order chi connectivity index (χ0) is 16.2. The van der Waals surface area contributed by atoms with E-state index in [9.17, 15) is 18.3 Å². The second kappa shape index (κ2) is 6.62. The third kappa shape index (κ3) is 3.98. The molecule has 0 aliphatic heterocycles. The summed E-state index contributed by atoms with van der Waals surface area (Å²) in [6.07, 6.45) is 0.305. The molecule has 0 aromatic heterocycles. The number of allylic oxidation sites excluding steroid dienone is 1. The lowest BCUT2D eigenvalue weighted by atomic mass is 10.2. The van der Waals surface area contributed by atoms with Crippen LogP contribution < -0.4 is 9.47 Å². The molecule has 1 rings (SSSR count). The van der Waals surface area contributed by atoms with Crippen LogP contribution in [0.5, 0.6) is 11.5 Å². The van der Waals surface area contributed by atoms with Crippen LogP contribution in [0.3, 0.4) is 0 Å². The SMILES string of the molecule is C=C(C)CCS(=O)(=O)c1cc(OC)c(OC)c(C(=O)O)c1. The van der Waals surface area contributed by atoms with E-state index in [1.165, 1.54) is 20.3 Å². The van der Waals surface area contributed by atoms with Crippen LogP contribution in [-0.2, 0) is 9.84 Å². The Balaban J connectivity index is 3.41. The molecule has 0 bridgehead atoms. The van der Waals surface area contributed by atoms with Crippen LogP contribution in [0, 0.1) is 0 Å². The van der Waals surface area contributed by atoms with Crippen LogP contribution in [0.15, 0.2) is 29.2 Å². The molecule has 6 nitrogen and oxygen atoms in total. The number of hydrogen-bond acceptors (Lipinski definition) is 5. The van der Waals surface area contributed by atoms with Gasteiger partial charge >= 0.3 is 5.97 Å². The number of rotatable bonds is 7. The lowest BCUT2D eigenvalue weighted by Gasteiger charge is -2.13. The lowest BCUT2D eigenvalue weighted by molar-refractivity contribution is 0.0692. The summed E-state index contributed by atoms with van der Waals surface area (Å²) in [5, 5.41) is 9.18. The largest absolute Gasteiger partial charge is 0.493 e. The van der Waals surface area contributed by atoms with Gasteiger partial charge in [0.2, 0.25) is 0 Å². The van der Waals surface area contributed by atoms with Crippen LogP contribution in [0.1, 0.15) is 23.7 Å². The summed E-state index contributed by atoms with van der Waals surface area (Å²) in [7, 11) is -1.02. The quantitative estimate of drug-likeness (QED) is 0.776. The van der Waals surface area contributed by atoms with Crippen molar-refractivity contribution in [2.75, 3.05) is 20.0 Å². The number of benzene rings is 1. The van der Waals surface area contributed by atoms with Crippen molar-refractivity contribution in [1.82, 2.24) is 0 Å². The van der Waals surface area contributed by atoms with Crippen LogP contribution in [0.25, 0.3) is 0 Å². The fourth-order valence-corrected chi connectivity index (χ4v) is 3.14. The summed E-state index contributed by atoms with van der Waals surface area (Å²) in [6.45, 7) is 5.38. The zero-order valence-electron chi connectivity index (χ0n) is 12.2. The molecule has 0 aliphatic carbocycles. The normalized spacial score (nSPS) is 11.0. The molecule has 0 spiro atoms. The van der Waals surface area contributed by atoms with Gasteiger partial charge in [-0.15, -0.1) is 6.58 Å². The molecule has 1 aromatic carbocycles. The van der Waals surface area contributed by atoms with Gasteiger partial charge < -0.3 is 14.6 Å². The van der Waals surface area contributed by atoms with E-state index in [4.69, 9.17) is 9.47 Å². The number of ether oxygens (including phenoxy) is 2. The summed E-state index contributed by atoms with van der Waals surface area (Å²) >= 11 is 0. The van der Waals surface area contributed by atoms with E-state index in [1.807, 2.05) is 0 Å². The molecular weight excluding hydrogens is 296 g/mol. The molecule has 7 heteroatoms. The second-order valence-electron chi connectivity index (χ2n) is 4.54. The number of carbonyl (C=O) groups is 1. The molecule has 0 fully saturated rings. The number of methoxy groups -OCH3 is 2. The van der Waals surface area contributed by atoms with E-state index < -0.39 is 15.8 Å². The predicted molar refractivity (Wildman–Crippen MR) is 78.0 cm³/mol. The number of carboxylic acids is 1. The Bertz CT molecular complexity index is 660. The van der Waals surface area contributed by atoms with E-state index in [0.717, 1.165) is 11.6 Å². The van der Waals surface area contributed by atoms with E-state index in [1.54, 1.807) is 6.92 Å². The summed E-state index contributed by atoms with van der Waals surface area (Å²) in [5.41, 5.74) is 0.475. The van der Waals surface area contributed by atoms with Gasteiger partial charge in [0.1, 0.15) is 5.56 Å². The van der Waals surface area contributed by atoms with Crippen molar-refractivity contribution in [3.63, 3.8) is 0 Å². The molecule has 0 radical (unpaired) electrons. The molecular formula is C14H18O6S. The standard InChI is InChI=1S/C14H18O6S/c1-9(2)5-6-21(17,18)10-7-11(14(15)16)13(20-4)12(8-10)19-3/h7-8H,1,5-6H2,2-4H3,(H,15,16). The number of aromatic carboxylic acids is 1. The van der Waals surface area contributed by atoms with Gasteiger partial charge in [-0.05, 0) is 19.4 Å². The molecule has 21 heavy (non-hydrogen) atoms. The summed E-state index contributed by atoms with van der Waals surface area (Å²) in [6, 6.07) is 2.34. The van der Waals surface area contributed by atoms with Gasteiger partial charge in [-0.2, -0.15) is 0 Å². The molecule has 116 valence electrons. The van der Waals surface area contributed by atoms with Gasteiger partial charge in [0.15, 0.2) is 21.3 Å². The minimum atomic E-state index is -3.63. The summed E-state index contributed by atoms with van der Waals surface area (Å²) < 4.78 is 34.5. The van der Waals surface area contributed by atoms with Crippen LogP contribution in [-0.4, -0.2) is 39.5 Å². The van der Waals surface area contributed by atoms with Crippen molar-refractivity contribution in [2.45, 2.75) is 18.2 Å². The highest BCUT2D eigenvalue weighted by Gasteiger charge is 2.23. The molecule has 0 heterocycles. The number of hydrogen-bond donors (Lipinski definition) is 1. The Hall–Kier alpha value is -2.02. The van der Waals surface area contributed by atoms with Crippen molar-refractivity contribution in [3.05, 3.63) is 29.8 Å². The predicted octanol–water partition coefficient (Wildman–Crippen LogP) is 2.14. The van der Waals surface area contributed by atoms with Gasteiger partial charge in [-0.25, -0.2) is 13.2 Å². The van der Waals surface area contributed by atoms with E-state index in [2.05, 4.69) is 6.58 Å². The minimum Gasteiger partial charge on any atom is -0.493 e. The fraction of sp³-hybridized carbons (Fsp3) is 0.357. The number of carboxylic acid groups (broad SMARTS) is 1. The third-order valence-corrected chi connectivity index (χ3v) is 4.54. The zero-order valence-corrected chi connectivity index (χ0v) is 13.0. The van der Waals surface area contributed by atoms with Gasteiger partial charge in [-0.3, -0.25) is 0 Å². The average Bonchev–Trinajstić information content (AvgIpc) is 2.43. The van der Waals surface area contributed by atoms with Gasteiger partial charge in [0.25, 0.3) is 0 Å². The maximum Gasteiger partial charge on any atom is 0.339 e. The molecule has 0 unspecified atom stereocenters. The van der Waals surface area contributed by atoms with Crippen molar-refractivity contribution in [2.24, 2.45) is 0 Å². The molecule has 1 N–H and O–H groups in total. The Morgan fingerprint density at radius 2 is 1.90 bits per heavy atom. The van der Waals surface area contributed by atoms with Crippen molar-refractivity contribution < 1.29 is 27.8 Å². The van der Waals surface area contributed by atoms with Crippen LogP contribution in [0.2, 0.25) is 0 Å². The van der Waals surface area contributed by atoms with Gasteiger partial charge in [0, 0.05) is 6.07 Å². The highest BCUT2D eigenvalue weighted by atomic mass is 32.2. The molecule has 0 saturated heterocycles. The van der Waals surface area contributed by atoms with Crippen molar-refractivity contribution in [3.8, 4) is 11.5 Å². The summed E-state index contributed by atoms with van der Waals surface area (Å²) in [4.78, 5) is 11.1. The van der Waals surface area contributed by atoms with Gasteiger partial charge in [-0.1, -0.05) is 5.57 Å². The maximum atomic E-state index is 12.2. The first-order valence-electron chi connectivity index (χ1n) is 6.09. The minimum absolute atomic E-state index is 0.0103. The smallest absolute Gasteiger partial charge is 0.339 e. The fourth-order valence-electron chi connectivity index (χ4n) is 1.70.